The number of aliphatic hydroxyl groups is 1. The van der Waals surface area contributed by atoms with Crippen LogP contribution in [0.15, 0.2) is 0 Å². The average Bonchev–Trinajstić information content (AvgIpc) is 2.42. The summed E-state index contributed by atoms with van der Waals surface area (Å²) in [5.74, 6) is 0.975. The van der Waals surface area contributed by atoms with E-state index in [9.17, 15) is 5.11 Å². The highest BCUT2D eigenvalue weighted by molar-refractivity contribution is 4.86. The summed E-state index contributed by atoms with van der Waals surface area (Å²) in [5, 5.41) is 9.78. The summed E-state index contributed by atoms with van der Waals surface area (Å²) in [5.41, 5.74) is 0.246. The molecule has 0 aromatic carbocycles. The van der Waals surface area contributed by atoms with E-state index in [0.717, 1.165) is 12.5 Å². The average molecular weight is 253 g/mol. The lowest BCUT2D eigenvalue weighted by Gasteiger charge is -2.42. The Morgan fingerprint density at radius 3 is 2.33 bits per heavy atom. The van der Waals surface area contributed by atoms with Gasteiger partial charge in [-0.3, -0.25) is 0 Å². The van der Waals surface area contributed by atoms with Gasteiger partial charge < -0.3 is 10.0 Å². The van der Waals surface area contributed by atoms with Gasteiger partial charge >= 0.3 is 0 Å². The largest absolute Gasteiger partial charge is 0.396 e. The monoisotopic (exact) mass is 253 g/mol. The van der Waals surface area contributed by atoms with Crippen molar-refractivity contribution < 1.29 is 5.11 Å². The Hall–Kier alpha value is -0.0800. The molecule has 1 aliphatic carbocycles. The predicted molar refractivity (Wildman–Crippen MR) is 76.7 cm³/mol. The van der Waals surface area contributed by atoms with Gasteiger partial charge in [0, 0.05) is 18.6 Å². The van der Waals surface area contributed by atoms with Crippen molar-refractivity contribution >= 4 is 0 Å². The van der Waals surface area contributed by atoms with Crippen molar-refractivity contribution in [2.75, 3.05) is 26.2 Å². The second-order valence-electron chi connectivity index (χ2n) is 6.73. The fourth-order valence-electron chi connectivity index (χ4n) is 3.98. The lowest BCUT2D eigenvalue weighted by Crippen LogP contribution is -2.44. The van der Waals surface area contributed by atoms with Crippen LogP contribution in [0.3, 0.4) is 0 Å². The summed E-state index contributed by atoms with van der Waals surface area (Å²) in [4.78, 5) is 2.63. The molecule has 1 aliphatic heterocycles. The van der Waals surface area contributed by atoms with Gasteiger partial charge in [-0.15, -0.1) is 0 Å². The van der Waals surface area contributed by atoms with Crippen LogP contribution >= 0.6 is 0 Å². The first-order valence-electron chi connectivity index (χ1n) is 8.11. The summed E-state index contributed by atoms with van der Waals surface area (Å²) in [6.07, 6.45) is 12.0. The minimum atomic E-state index is 0.246. The van der Waals surface area contributed by atoms with Crippen LogP contribution < -0.4 is 0 Å². The Bertz CT molecular complexity index is 227. The van der Waals surface area contributed by atoms with Crippen molar-refractivity contribution in [2.45, 2.75) is 64.7 Å². The van der Waals surface area contributed by atoms with E-state index in [1.807, 2.05) is 0 Å². The normalized spacial score (nSPS) is 26.3. The van der Waals surface area contributed by atoms with Gasteiger partial charge in [0.2, 0.25) is 0 Å². The molecule has 2 aliphatic rings. The van der Waals surface area contributed by atoms with Gasteiger partial charge in [0.15, 0.2) is 0 Å². The highest BCUT2D eigenvalue weighted by Crippen LogP contribution is 2.37. The van der Waals surface area contributed by atoms with Gasteiger partial charge in [-0.05, 0) is 44.7 Å². The molecule has 2 rings (SSSR count). The molecule has 0 radical (unpaired) electrons. The molecular weight excluding hydrogens is 222 g/mol. The molecule has 0 amide bonds. The van der Waals surface area contributed by atoms with E-state index in [1.54, 1.807) is 0 Å². The van der Waals surface area contributed by atoms with Crippen LogP contribution in [-0.2, 0) is 0 Å². The molecule has 2 fully saturated rings. The molecule has 2 heteroatoms. The van der Waals surface area contributed by atoms with Gasteiger partial charge in [-0.2, -0.15) is 0 Å². The minimum Gasteiger partial charge on any atom is -0.396 e. The van der Waals surface area contributed by atoms with Gasteiger partial charge in [-0.25, -0.2) is 0 Å². The smallest absolute Gasteiger partial charge is 0.0499 e. The summed E-state index contributed by atoms with van der Waals surface area (Å²) in [6.45, 7) is 6.40. The second-order valence-corrected chi connectivity index (χ2v) is 6.73. The van der Waals surface area contributed by atoms with Crippen LogP contribution in [0.1, 0.15) is 64.7 Å². The lowest BCUT2D eigenvalue weighted by atomic mass is 9.74. The van der Waals surface area contributed by atoms with E-state index in [-0.39, 0.29) is 5.41 Å². The van der Waals surface area contributed by atoms with E-state index in [2.05, 4.69) is 11.8 Å². The standard InChI is InChI=1S/C16H31NO/c1-2-6-15-7-11-17(12-8-15)13-16(14-18)9-4-3-5-10-16/h15,18H,2-14H2,1H3. The third-order valence-corrected chi connectivity index (χ3v) is 5.21. The van der Waals surface area contributed by atoms with Crippen LogP contribution in [-0.4, -0.2) is 36.2 Å². The van der Waals surface area contributed by atoms with E-state index >= 15 is 0 Å². The van der Waals surface area contributed by atoms with E-state index in [4.69, 9.17) is 0 Å². The number of piperidine rings is 1. The van der Waals surface area contributed by atoms with Crippen molar-refractivity contribution in [3.8, 4) is 0 Å². The molecular formula is C16H31NO. The molecule has 1 saturated heterocycles. The molecule has 1 saturated carbocycles. The number of likely N-dealkylation sites (tertiary alicyclic amines) is 1. The van der Waals surface area contributed by atoms with Crippen molar-refractivity contribution in [1.29, 1.82) is 0 Å². The molecule has 0 aromatic rings. The van der Waals surface area contributed by atoms with Crippen LogP contribution in [0, 0.1) is 11.3 Å². The number of aliphatic hydroxyl groups excluding tert-OH is 1. The molecule has 0 spiro atoms. The summed E-state index contributed by atoms with van der Waals surface area (Å²) in [7, 11) is 0. The Labute approximate surface area is 113 Å². The molecule has 0 unspecified atom stereocenters. The van der Waals surface area contributed by atoms with Crippen molar-refractivity contribution in [2.24, 2.45) is 11.3 Å². The fourth-order valence-corrected chi connectivity index (χ4v) is 3.98. The van der Waals surface area contributed by atoms with Gasteiger partial charge in [0.25, 0.3) is 0 Å². The number of rotatable bonds is 5. The van der Waals surface area contributed by atoms with Gasteiger partial charge in [0.05, 0.1) is 0 Å². The first kappa shape index (κ1) is 14.3. The first-order valence-corrected chi connectivity index (χ1v) is 8.11. The third-order valence-electron chi connectivity index (χ3n) is 5.21. The third kappa shape index (κ3) is 3.71. The van der Waals surface area contributed by atoms with Crippen LogP contribution in [0.4, 0.5) is 0 Å². The van der Waals surface area contributed by atoms with Crippen LogP contribution in [0.5, 0.6) is 0 Å². The van der Waals surface area contributed by atoms with Gasteiger partial charge in [-0.1, -0.05) is 39.0 Å². The highest BCUT2D eigenvalue weighted by atomic mass is 16.3. The molecule has 106 valence electrons. The fraction of sp³-hybridized carbons (Fsp3) is 1.00. The van der Waals surface area contributed by atoms with E-state index in [1.165, 1.54) is 70.9 Å². The zero-order valence-electron chi connectivity index (χ0n) is 12.2. The molecule has 0 bridgehead atoms. The van der Waals surface area contributed by atoms with E-state index < -0.39 is 0 Å². The Balaban J connectivity index is 1.79. The maximum absolute atomic E-state index is 9.78. The molecule has 0 atom stereocenters. The van der Waals surface area contributed by atoms with Crippen LogP contribution in [0.2, 0.25) is 0 Å². The maximum Gasteiger partial charge on any atom is 0.0499 e. The van der Waals surface area contributed by atoms with E-state index in [0.29, 0.717) is 6.61 Å². The summed E-state index contributed by atoms with van der Waals surface area (Å²) in [6, 6.07) is 0. The Morgan fingerprint density at radius 2 is 1.78 bits per heavy atom. The second kappa shape index (κ2) is 6.91. The van der Waals surface area contributed by atoms with Gasteiger partial charge in [0.1, 0.15) is 0 Å². The zero-order chi connectivity index (χ0) is 12.8. The molecule has 2 nitrogen and oxygen atoms in total. The first-order chi connectivity index (χ1) is 8.78. The minimum absolute atomic E-state index is 0.246. The SMILES string of the molecule is CCCC1CCN(CC2(CO)CCCCC2)CC1. The molecule has 18 heavy (non-hydrogen) atoms. The maximum atomic E-state index is 9.78. The van der Waals surface area contributed by atoms with Crippen molar-refractivity contribution in [3.05, 3.63) is 0 Å². The van der Waals surface area contributed by atoms with Crippen molar-refractivity contribution in [3.63, 3.8) is 0 Å². The predicted octanol–water partition coefficient (Wildman–Crippen LogP) is 3.44. The zero-order valence-corrected chi connectivity index (χ0v) is 12.2. The Kier molecular flexibility index (Phi) is 5.50. The number of hydrogen-bond donors (Lipinski definition) is 1. The lowest BCUT2D eigenvalue weighted by molar-refractivity contribution is 0.0280. The number of hydrogen-bond acceptors (Lipinski definition) is 2. The van der Waals surface area contributed by atoms with Crippen LogP contribution in [0.25, 0.3) is 0 Å². The summed E-state index contributed by atoms with van der Waals surface area (Å²) < 4.78 is 0. The molecule has 0 aromatic heterocycles. The number of nitrogens with zero attached hydrogens (tertiary/aromatic N) is 1. The molecule has 1 heterocycles. The highest BCUT2D eigenvalue weighted by Gasteiger charge is 2.34. The summed E-state index contributed by atoms with van der Waals surface area (Å²) >= 11 is 0. The topological polar surface area (TPSA) is 23.5 Å². The molecule has 1 N–H and O–H groups in total. The van der Waals surface area contributed by atoms with Crippen molar-refractivity contribution in [1.82, 2.24) is 4.90 Å². The quantitative estimate of drug-likeness (QED) is 0.811. The Morgan fingerprint density at radius 1 is 1.11 bits per heavy atom.